The van der Waals surface area contributed by atoms with E-state index in [-0.39, 0.29) is 16.6 Å². The van der Waals surface area contributed by atoms with E-state index in [1.165, 1.54) is 0 Å². The fourth-order valence-electron chi connectivity index (χ4n) is 7.49. The van der Waals surface area contributed by atoms with E-state index in [9.17, 15) is 10.0 Å². The van der Waals surface area contributed by atoms with Crippen LogP contribution < -0.4 is 0 Å². The summed E-state index contributed by atoms with van der Waals surface area (Å²) in [6, 6.07) is 34.4. The Bertz CT molecular complexity index is 3040. The molecular formula is C47H39N5O2. The average molecular weight is 706 g/mol. The average Bonchev–Trinajstić information content (AvgIpc) is 3.84. The van der Waals surface area contributed by atoms with Gasteiger partial charge in [-0.1, -0.05) is 96.1 Å². The molecule has 8 aromatic rings. The van der Waals surface area contributed by atoms with Crippen LogP contribution in [0.5, 0.6) is 5.75 Å². The fraction of sp³-hybridized carbons (Fsp3) is 0.170. The SMILES string of the molecule is CC(C)(C)c1cc2c3nc(c(-c4ccccc4)c4ccc([nH]4)c4cc(C(C)(C)C)cc(c4N=O)c4ccc5ccc6ccc(nc6c5n4)c(c1)c2O)C=C3. The van der Waals surface area contributed by atoms with E-state index in [1.54, 1.807) is 0 Å². The molecular weight excluding hydrogens is 667 g/mol. The Kier molecular flexibility index (Phi) is 7.44. The number of hydrogen-bond acceptors (Lipinski definition) is 6. The summed E-state index contributed by atoms with van der Waals surface area (Å²) in [5.41, 5.74) is 9.41. The summed E-state index contributed by atoms with van der Waals surface area (Å²) in [7, 11) is 0. The molecule has 2 N–H and O–H groups in total. The number of nitrogens with one attached hydrogen (secondary N) is 1. The van der Waals surface area contributed by atoms with Crippen LogP contribution >= 0.6 is 0 Å². The molecule has 0 saturated carbocycles. The van der Waals surface area contributed by atoms with Gasteiger partial charge in [0, 0.05) is 48.9 Å². The van der Waals surface area contributed by atoms with Crippen LogP contribution in [0.15, 0.2) is 108 Å². The van der Waals surface area contributed by atoms with Crippen molar-refractivity contribution in [3.05, 3.63) is 131 Å². The summed E-state index contributed by atoms with van der Waals surface area (Å²) >= 11 is 0. The van der Waals surface area contributed by atoms with E-state index in [4.69, 9.17) is 15.0 Å². The molecule has 4 aromatic carbocycles. The van der Waals surface area contributed by atoms with Crippen molar-refractivity contribution in [3.8, 4) is 16.9 Å². The lowest BCUT2D eigenvalue weighted by atomic mass is 9.85. The molecule has 0 fully saturated rings. The van der Waals surface area contributed by atoms with Gasteiger partial charge in [-0.3, -0.25) is 0 Å². The molecule has 1 aliphatic heterocycles. The predicted molar refractivity (Wildman–Crippen MR) is 225 cm³/mol. The lowest BCUT2D eigenvalue weighted by molar-refractivity contribution is 0.486. The number of hydrogen-bond donors (Lipinski definition) is 2. The van der Waals surface area contributed by atoms with Crippen LogP contribution in [-0.4, -0.2) is 25.0 Å². The zero-order chi connectivity index (χ0) is 37.5. The Morgan fingerprint density at radius 2 is 1.11 bits per heavy atom. The molecule has 0 aliphatic carbocycles. The van der Waals surface area contributed by atoms with E-state index >= 15 is 0 Å². The number of nitroso groups, excluding NO2 is 1. The van der Waals surface area contributed by atoms with Crippen molar-refractivity contribution in [2.75, 3.05) is 0 Å². The standard InChI is InChI=1S/C47H39N5O2/c1-46(2,3)29-22-31-35-18-20-39(48-35)41(26-10-8-7-9-11-26)40-21-19-37(49-40)33-24-30(47(4,5)6)25-34(45(33)53)38-17-15-28-13-12-27-14-16-36(32(23-29)44(31)52-54)50-42(27)43(28)51-38/h7-25,48,53H,1-6H3. The number of nitrogens with zero attached hydrogens (tertiary/aromatic N) is 4. The van der Waals surface area contributed by atoms with Gasteiger partial charge in [0.05, 0.1) is 33.5 Å². The highest BCUT2D eigenvalue weighted by Gasteiger charge is 2.21. The number of fused-ring (bicyclic) bond motifs is 14. The molecule has 4 aromatic heterocycles. The van der Waals surface area contributed by atoms with Gasteiger partial charge in [0.25, 0.3) is 0 Å². The molecule has 7 heteroatoms. The highest BCUT2D eigenvalue weighted by atomic mass is 16.3. The second-order valence-electron chi connectivity index (χ2n) is 16.3. The van der Waals surface area contributed by atoms with Gasteiger partial charge in [-0.05, 0) is 93.4 Å². The smallest absolute Gasteiger partial charge is 0.134 e. The summed E-state index contributed by atoms with van der Waals surface area (Å²) in [6.45, 7) is 13.0. The molecule has 5 heterocycles. The first-order valence-electron chi connectivity index (χ1n) is 18.2. The summed E-state index contributed by atoms with van der Waals surface area (Å²) in [6.07, 6.45) is 3.96. The minimum atomic E-state index is -0.242. The van der Waals surface area contributed by atoms with Crippen molar-refractivity contribution in [2.24, 2.45) is 5.18 Å². The maximum atomic E-state index is 13.0. The number of phenols is 1. The third-order valence-electron chi connectivity index (χ3n) is 10.6. The largest absolute Gasteiger partial charge is 0.507 e. The Morgan fingerprint density at radius 1 is 0.574 bits per heavy atom. The Balaban J connectivity index is 1.57. The van der Waals surface area contributed by atoms with Crippen LogP contribution in [0.25, 0.3) is 88.7 Å². The number of pyridine rings is 2. The maximum Gasteiger partial charge on any atom is 0.134 e. The van der Waals surface area contributed by atoms with Gasteiger partial charge in [0.1, 0.15) is 11.4 Å². The third-order valence-corrected chi connectivity index (χ3v) is 10.6. The van der Waals surface area contributed by atoms with E-state index in [2.05, 4.69) is 69.9 Å². The number of benzene rings is 4. The molecule has 0 saturated heterocycles. The molecule has 7 nitrogen and oxygen atoms in total. The zero-order valence-electron chi connectivity index (χ0n) is 31.1. The fourth-order valence-corrected chi connectivity index (χ4v) is 7.49. The number of aromatic nitrogens is 4. The van der Waals surface area contributed by atoms with Crippen molar-refractivity contribution >= 4 is 83.3 Å². The van der Waals surface area contributed by atoms with Crippen molar-refractivity contribution < 1.29 is 5.11 Å². The van der Waals surface area contributed by atoms with E-state index in [1.807, 2.05) is 97.1 Å². The minimum absolute atomic E-state index is 0.113. The lowest BCUT2D eigenvalue weighted by Gasteiger charge is -2.20. The second kappa shape index (κ2) is 12.0. The molecule has 0 unspecified atom stereocenters. The summed E-state index contributed by atoms with van der Waals surface area (Å²) in [5.74, 6) is 0.113. The Hall–Kier alpha value is -6.47. The Labute approximate surface area is 312 Å². The molecule has 54 heavy (non-hydrogen) atoms. The second-order valence-corrected chi connectivity index (χ2v) is 16.3. The van der Waals surface area contributed by atoms with Crippen LogP contribution in [0.1, 0.15) is 64.1 Å². The third kappa shape index (κ3) is 5.47. The van der Waals surface area contributed by atoms with Gasteiger partial charge in [-0.2, -0.15) is 0 Å². The molecule has 1 aliphatic rings. The molecule has 0 spiro atoms. The molecule has 9 rings (SSSR count). The number of aromatic amines is 1. The van der Waals surface area contributed by atoms with Gasteiger partial charge in [0.2, 0.25) is 0 Å². The monoisotopic (exact) mass is 705 g/mol. The van der Waals surface area contributed by atoms with Crippen LogP contribution in [0, 0.1) is 4.91 Å². The predicted octanol–water partition coefficient (Wildman–Crippen LogP) is 12.7. The van der Waals surface area contributed by atoms with Gasteiger partial charge < -0.3 is 10.1 Å². The van der Waals surface area contributed by atoms with Crippen molar-refractivity contribution in [1.82, 2.24) is 19.9 Å². The van der Waals surface area contributed by atoms with Crippen LogP contribution in [0.2, 0.25) is 0 Å². The van der Waals surface area contributed by atoms with Crippen molar-refractivity contribution in [2.45, 2.75) is 52.4 Å². The van der Waals surface area contributed by atoms with Crippen LogP contribution in [0.4, 0.5) is 5.69 Å². The van der Waals surface area contributed by atoms with Gasteiger partial charge in [-0.15, -0.1) is 4.91 Å². The molecule has 0 amide bonds. The van der Waals surface area contributed by atoms with Crippen LogP contribution in [0.3, 0.4) is 0 Å². The van der Waals surface area contributed by atoms with E-state index < -0.39 is 0 Å². The first kappa shape index (κ1) is 33.4. The Morgan fingerprint density at radius 3 is 1.74 bits per heavy atom. The van der Waals surface area contributed by atoms with Gasteiger partial charge >= 0.3 is 0 Å². The first-order chi connectivity index (χ1) is 25.9. The number of rotatable bonds is 2. The first-order valence-corrected chi connectivity index (χ1v) is 18.2. The summed E-state index contributed by atoms with van der Waals surface area (Å²) < 4.78 is 0. The van der Waals surface area contributed by atoms with E-state index in [0.29, 0.717) is 55.0 Å². The summed E-state index contributed by atoms with van der Waals surface area (Å²) in [4.78, 5) is 32.3. The molecule has 264 valence electrons. The zero-order valence-corrected chi connectivity index (χ0v) is 31.1. The molecule has 0 radical (unpaired) electrons. The van der Waals surface area contributed by atoms with Crippen molar-refractivity contribution in [1.29, 1.82) is 0 Å². The summed E-state index contributed by atoms with van der Waals surface area (Å²) in [5, 5.41) is 20.2. The van der Waals surface area contributed by atoms with Crippen molar-refractivity contribution in [3.63, 3.8) is 0 Å². The van der Waals surface area contributed by atoms with Crippen LogP contribution in [-0.2, 0) is 10.8 Å². The highest BCUT2D eigenvalue weighted by Crippen LogP contribution is 2.40. The normalized spacial score (nSPS) is 12.7. The number of aromatic hydroxyl groups is 1. The van der Waals surface area contributed by atoms with Gasteiger partial charge in [0.15, 0.2) is 0 Å². The topological polar surface area (TPSA) is 104 Å². The molecule has 0 atom stereocenters. The lowest BCUT2D eigenvalue weighted by Crippen LogP contribution is -2.10. The quantitative estimate of drug-likeness (QED) is 0.138. The molecule has 12 bridgehead atoms. The maximum absolute atomic E-state index is 13.0. The minimum Gasteiger partial charge on any atom is -0.507 e. The highest BCUT2D eigenvalue weighted by molar-refractivity contribution is 6.10. The van der Waals surface area contributed by atoms with E-state index in [0.717, 1.165) is 49.8 Å². The number of H-pyrrole nitrogens is 1. The van der Waals surface area contributed by atoms with Gasteiger partial charge in [-0.25, -0.2) is 15.0 Å². The number of phenolic OH excluding ortho intramolecular Hbond substituents is 1.